The minimum atomic E-state index is 0.745. The number of pyridine rings is 1. The third-order valence-electron chi connectivity index (χ3n) is 1.72. The van der Waals surface area contributed by atoms with Crippen molar-refractivity contribution in [1.82, 2.24) is 15.2 Å². The van der Waals surface area contributed by atoms with Crippen LogP contribution < -0.4 is 0 Å². The molecule has 0 spiro atoms. The van der Waals surface area contributed by atoms with Crippen molar-refractivity contribution in [3.8, 4) is 0 Å². The summed E-state index contributed by atoms with van der Waals surface area (Å²) in [6.45, 7) is 0. The molecule has 0 saturated carbocycles. The van der Waals surface area contributed by atoms with Gasteiger partial charge in [0.15, 0.2) is 0 Å². The topological polar surface area (TPSA) is 38.7 Å². The van der Waals surface area contributed by atoms with E-state index >= 15 is 0 Å². The first-order valence-electron chi connectivity index (χ1n) is 4.11. The predicted octanol–water partition coefficient (Wildman–Crippen LogP) is 1.46. The highest BCUT2D eigenvalue weighted by atomic mass is 15.1. The summed E-state index contributed by atoms with van der Waals surface area (Å²) < 4.78 is 0. The molecule has 0 aliphatic carbocycles. The molecule has 0 unspecified atom stereocenters. The zero-order valence-corrected chi connectivity index (χ0v) is 7.09. The minimum Gasteiger partial charge on any atom is -0.261 e. The zero-order valence-electron chi connectivity index (χ0n) is 7.09. The summed E-state index contributed by atoms with van der Waals surface area (Å²) in [5, 5.41) is 7.79. The number of rotatable bonds is 2. The van der Waals surface area contributed by atoms with Crippen molar-refractivity contribution in [3.05, 3.63) is 54.1 Å². The maximum Gasteiger partial charge on any atom is 0.0690 e. The molecule has 0 aliphatic heterocycles. The fourth-order valence-electron chi connectivity index (χ4n) is 1.12. The quantitative estimate of drug-likeness (QED) is 0.686. The summed E-state index contributed by atoms with van der Waals surface area (Å²) in [5.74, 6) is 0. The third-order valence-corrected chi connectivity index (χ3v) is 1.72. The average Bonchev–Trinajstić information content (AvgIpc) is 2.21. The third kappa shape index (κ3) is 2.08. The van der Waals surface area contributed by atoms with E-state index in [9.17, 15) is 0 Å². The van der Waals surface area contributed by atoms with E-state index in [1.54, 1.807) is 12.4 Å². The summed E-state index contributed by atoms with van der Waals surface area (Å²) in [7, 11) is 0. The monoisotopic (exact) mass is 171 g/mol. The molecule has 2 heterocycles. The molecule has 3 nitrogen and oxygen atoms in total. The number of aromatic nitrogens is 3. The van der Waals surface area contributed by atoms with Gasteiger partial charge in [0.25, 0.3) is 0 Å². The van der Waals surface area contributed by atoms with Gasteiger partial charge >= 0.3 is 0 Å². The summed E-state index contributed by atoms with van der Waals surface area (Å²) >= 11 is 0. The molecule has 2 rings (SSSR count). The van der Waals surface area contributed by atoms with E-state index in [0.717, 1.165) is 17.8 Å². The zero-order chi connectivity index (χ0) is 8.93. The second kappa shape index (κ2) is 3.76. The van der Waals surface area contributed by atoms with Gasteiger partial charge in [0.1, 0.15) is 0 Å². The van der Waals surface area contributed by atoms with Crippen LogP contribution in [-0.4, -0.2) is 15.2 Å². The van der Waals surface area contributed by atoms with E-state index in [0.29, 0.717) is 0 Å². The van der Waals surface area contributed by atoms with Gasteiger partial charge in [-0.15, -0.1) is 0 Å². The van der Waals surface area contributed by atoms with Crippen LogP contribution in [0.25, 0.3) is 0 Å². The largest absolute Gasteiger partial charge is 0.261 e. The number of hydrogen-bond donors (Lipinski definition) is 0. The standard InChI is InChI=1S/C10H9N3/c1-2-6-11-9(4-1)8-10-5-3-7-12-13-10/h1-7H,8H2. The van der Waals surface area contributed by atoms with Crippen molar-refractivity contribution in [2.45, 2.75) is 6.42 Å². The van der Waals surface area contributed by atoms with Gasteiger partial charge in [-0.2, -0.15) is 10.2 Å². The lowest BCUT2D eigenvalue weighted by Crippen LogP contribution is -1.94. The molecule has 2 aromatic rings. The molecule has 64 valence electrons. The number of nitrogens with zero attached hydrogens (tertiary/aromatic N) is 3. The van der Waals surface area contributed by atoms with Crippen LogP contribution in [0.1, 0.15) is 11.4 Å². The van der Waals surface area contributed by atoms with E-state index in [-0.39, 0.29) is 0 Å². The van der Waals surface area contributed by atoms with Gasteiger partial charge < -0.3 is 0 Å². The van der Waals surface area contributed by atoms with Crippen LogP contribution >= 0.6 is 0 Å². The molecule has 0 atom stereocenters. The van der Waals surface area contributed by atoms with E-state index < -0.39 is 0 Å². The lowest BCUT2D eigenvalue weighted by Gasteiger charge is -1.97. The minimum absolute atomic E-state index is 0.745. The normalized spacial score (nSPS) is 9.85. The molecule has 0 amide bonds. The van der Waals surface area contributed by atoms with E-state index in [2.05, 4.69) is 15.2 Å². The van der Waals surface area contributed by atoms with Crippen LogP contribution in [0.15, 0.2) is 42.7 Å². The molecule has 3 heteroatoms. The molecule has 0 saturated heterocycles. The van der Waals surface area contributed by atoms with Crippen molar-refractivity contribution >= 4 is 0 Å². The molecule has 13 heavy (non-hydrogen) atoms. The Labute approximate surface area is 76.5 Å². The molecule has 0 bridgehead atoms. The van der Waals surface area contributed by atoms with Crippen LogP contribution in [0.2, 0.25) is 0 Å². The first kappa shape index (κ1) is 7.86. The van der Waals surface area contributed by atoms with Gasteiger partial charge in [-0.3, -0.25) is 4.98 Å². The lowest BCUT2D eigenvalue weighted by molar-refractivity contribution is 0.918. The molecule has 2 aromatic heterocycles. The Hall–Kier alpha value is -1.77. The van der Waals surface area contributed by atoms with E-state index in [4.69, 9.17) is 0 Å². The fourth-order valence-corrected chi connectivity index (χ4v) is 1.12. The highest BCUT2D eigenvalue weighted by molar-refractivity contribution is 5.12. The van der Waals surface area contributed by atoms with Crippen LogP contribution in [0.4, 0.5) is 0 Å². The van der Waals surface area contributed by atoms with Crippen LogP contribution in [0.5, 0.6) is 0 Å². The maximum absolute atomic E-state index is 4.21. The highest BCUT2D eigenvalue weighted by Crippen LogP contribution is 2.01. The van der Waals surface area contributed by atoms with Gasteiger partial charge in [0, 0.05) is 24.5 Å². The fraction of sp³-hybridized carbons (Fsp3) is 0.100. The Morgan fingerprint density at radius 2 is 1.85 bits per heavy atom. The van der Waals surface area contributed by atoms with E-state index in [1.165, 1.54) is 0 Å². The Kier molecular flexibility index (Phi) is 2.27. The van der Waals surface area contributed by atoms with Crippen molar-refractivity contribution in [1.29, 1.82) is 0 Å². The first-order valence-corrected chi connectivity index (χ1v) is 4.11. The Morgan fingerprint density at radius 1 is 0.923 bits per heavy atom. The molecule has 0 fully saturated rings. The van der Waals surface area contributed by atoms with Gasteiger partial charge in [-0.25, -0.2) is 0 Å². The van der Waals surface area contributed by atoms with Crippen LogP contribution in [0.3, 0.4) is 0 Å². The molecular formula is C10H9N3. The summed E-state index contributed by atoms with van der Waals surface area (Å²) in [6.07, 6.45) is 4.20. The van der Waals surface area contributed by atoms with Crippen molar-refractivity contribution < 1.29 is 0 Å². The Balaban J connectivity index is 2.16. The highest BCUT2D eigenvalue weighted by Gasteiger charge is 1.96. The average molecular weight is 171 g/mol. The van der Waals surface area contributed by atoms with Crippen molar-refractivity contribution in [2.24, 2.45) is 0 Å². The summed E-state index contributed by atoms with van der Waals surface area (Å²) in [6, 6.07) is 9.68. The number of hydrogen-bond acceptors (Lipinski definition) is 3. The molecule has 0 aliphatic rings. The van der Waals surface area contributed by atoms with Crippen molar-refractivity contribution in [3.63, 3.8) is 0 Å². The second-order valence-corrected chi connectivity index (χ2v) is 2.71. The van der Waals surface area contributed by atoms with Gasteiger partial charge in [-0.1, -0.05) is 6.07 Å². The molecule has 0 radical (unpaired) electrons. The summed E-state index contributed by atoms with van der Waals surface area (Å²) in [4.78, 5) is 4.21. The Morgan fingerprint density at radius 3 is 2.54 bits per heavy atom. The molecule has 0 aromatic carbocycles. The van der Waals surface area contributed by atoms with Crippen molar-refractivity contribution in [2.75, 3.05) is 0 Å². The summed E-state index contributed by atoms with van der Waals surface area (Å²) in [5.41, 5.74) is 1.96. The predicted molar refractivity (Wildman–Crippen MR) is 49.1 cm³/mol. The second-order valence-electron chi connectivity index (χ2n) is 2.71. The van der Waals surface area contributed by atoms with E-state index in [1.807, 2.05) is 30.3 Å². The van der Waals surface area contributed by atoms with Crippen LogP contribution in [0, 0.1) is 0 Å². The molecular weight excluding hydrogens is 162 g/mol. The molecule has 0 N–H and O–H groups in total. The maximum atomic E-state index is 4.21. The van der Waals surface area contributed by atoms with Gasteiger partial charge in [0.05, 0.1) is 5.69 Å². The SMILES string of the molecule is c1ccc(Cc2cccnn2)nc1. The van der Waals surface area contributed by atoms with Gasteiger partial charge in [0.2, 0.25) is 0 Å². The van der Waals surface area contributed by atoms with Crippen LogP contribution in [-0.2, 0) is 6.42 Å². The first-order chi connectivity index (χ1) is 6.45. The van der Waals surface area contributed by atoms with Gasteiger partial charge in [-0.05, 0) is 24.3 Å². The smallest absolute Gasteiger partial charge is 0.0690 e. The Bertz CT molecular complexity index is 321. The lowest BCUT2D eigenvalue weighted by atomic mass is 10.2.